The summed E-state index contributed by atoms with van der Waals surface area (Å²) in [6.07, 6.45) is 0.784. The Morgan fingerprint density at radius 1 is 1.40 bits per heavy atom. The second-order valence-corrected chi connectivity index (χ2v) is 6.90. The number of anilines is 1. The zero-order valence-electron chi connectivity index (χ0n) is 12.1. The fraction of sp³-hybridized carbons (Fsp3) is 0.571. The standard InChI is InChI=1S/C14H23N3O2S/c1-3-8-16-20(18,19)14-7-5-4-6-13(14)17-10-9-15-12(2)11-17/h4-7,12,15-16H,3,8-11H2,1-2H3/t12-/m1/s1. The molecule has 5 nitrogen and oxygen atoms in total. The first-order chi connectivity index (χ1) is 9.54. The maximum Gasteiger partial charge on any atom is 0.242 e. The lowest BCUT2D eigenvalue weighted by Crippen LogP contribution is -2.49. The molecule has 112 valence electrons. The number of hydrogen-bond donors (Lipinski definition) is 2. The Bertz CT molecular complexity index is 545. The molecule has 0 unspecified atom stereocenters. The fourth-order valence-corrected chi connectivity index (χ4v) is 3.77. The minimum absolute atomic E-state index is 0.364. The van der Waals surface area contributed by atoms with Crippen molar-refractivity contribution in [3.8, 4) is 0 Å². The highest BCUT2D eigenvalue weighted by Crippen LogP contribution is 2.25. The predicted octanol–water partition coefficient (Wildman–Crippen LogP) is 1.17. The molecule has 0 saturated carbocycles. The van der Waals surface area contributed by atoms with E-state index < -0.39 is 10.0 Å². The van der Waals surface area contributed by atoms with Crippen LogP contribution in [0, 0.1) is 0 Å². The van der Waals surface area contributed by atoms with E-state index in [2.05, 4.69) is 21.9 Å². The molecule has 1 heterocycles. The van der Waals surface area contributed by atoms with E-state index in [1.807, 2.05) is 19.1 Å². The van der Waals surface area contributed by atoms with Gasteiger partial charge in [0.05, 0.1) is 5.69 Å². The number of sulfonamides is 1. The van der Waals surface area contributed by atoms with Crippen LogP contribution in [0.4, 0.5) is 5.69 Å². The summed E-state index contributed by atoms with van der Waals surface area (Å²) in [6.45, 7) is 7.04. The molecule has 20 heavy (non-hydrogen) atoms. The van der Waals surface area contributed by atoms with Crippen molar-refractivity contribution in [3.63, 3.8) is 0 Å². The van der Waals surface area contributed by atoms with Gasteiger partial charge in [0.2, 0.25) is 10.0 Å². The van der Waals surface area contributed by atoms with E-state index in [0.717, 1.165) is 31.7 Å². The van der Waals surface area contributed by atoms with Gasteiger partial charge in [0, 0.05) is 32.2 Å². The molecule has 1 saturated heterocycles. The maximum atomic E-state index is 12.4. The number of hydrogen-bond acceptors (Lipinski definition) is 4. The Hall–Kier alpha value is -1.11. The van der Waals surface area contributed by atoms with Gasteiger partial charge in [-0.3, -0.25) is 0 Å². The molecule has 0 spiro atoms. The van der Waals surface area contributed by atoms with Crippen LogP contribution in [-0.4, -0.2) is 40.6 Å². The monoisotopic (exact) mass is 297 g/mol. The summed E-state index contributed by atoms with van der Waals surface area (Å²) in [5, 5.41) is 3.37. The van der Waals surface area contributed by atoms with Crippen molar-refractivity contribution in [2.75, 3.05) is 31.1 Å². The molecular formula is C14H23N3O2S. The van der Waals surface area contributed by atoms with Gasteiger partial charge in [-0.05, 0) is 25.5 Å². The van der Waals surface area contributed by atoms with Crippen molar-refractivity contribution < 1.29 is 8.42 Å². The van der Waals surface area contributed by atoms with Gasteiger partial charge in [-0.15, -0.1) is 0 Å². The molecule has 1 fully saturated rings. The van der Waals surface area contributed by atoms with E-state index in [4.69, 9.17) is 0 Å². The smallest absolute Gasteiger partial charge is 0.242 e. The van der Waals surface area contributed by atoms with Crippen LogP contribution in [-0.2, 0) is 10.0 Å². The van der Waals surface area contributed by atoms with E-state index >= 15 is 0 Å². The van der Waals surface area contributed by atoms with E-state index in [9.17, 15) is 8.42 Å². The van der Waals surface area contributed by atoms with Gasteiger partial charge in [0.15, 0.2) is 0 Å². The van der Waals surface area contributed by atoms with Crippen molar-refractivity contribution >= 4 is 15.7 Å². The Morgan fingerprint density at radius 2 is 2.15 bits per heavy atom. The number of nitrogens with zero attached hydrogens (tertiary/aromatic N) is 1. The van der Waals surface area contributed by atoms with Gasteiger partial charge in [-0.25, -0.2) is 13.1 Å². The van der Waals surface area contributed by atoms with Gasteiger partial charge in [0.25, 0.3) is 0 Å². The van der Waals surface area contributed by atoms with Crippen LogP contribution in [0.5, 0.6) is 0 Å². The van der Waals surface area contributed by atoms with Crippen LogP contribution >= 0.6 is 0 Å². The average molecular weight is 297 g/mol. The lowest BCUT2D eigenvalue weighted by atomic mass is 10.2. The highest BCUT2D eigenvalue weighted by atomic mass is 32.2. The predicted molar refractivity (Wildman–Crippen MR) is 81.6 cm³/mol. The number of nitrogens with one attached hydrogen (secondary N) is 2. The molecule has 1 aromatic rings. The zero-order valence-corrected chi connectivity index (χ0v) is 12.9. The van der Waals surface area contributed by atoms with Gasteiger partial charge in [0.1, 0.15) is 4.90 Å². The first kappa shape index (κ1) is 15.3. The van der Waals surface area contributed by atoms with Gasteiger partial charge < -0.3 is 10.2 Å². The third-order valence-electron chi connectivity index (χ3n) is 3.41. The SMILES string of the molecule is CCCNS(=O)(=O)c1ccccc1N1CCN[C@H](C)C1. The van der Waals surface area contributed by atoms with Gasteiger partial charge >= 0.3 is 0 Å². The molecule has 1 aliphatic rings. The third kappa shape index (κ3) is 3.50. The highest BCUT2D eigenvalue weighted by molar-refractivity contribution is 7.89. The fourth-order valence-electron chi connectivity index (χ4n) is 2.41. The van der Waals surface area contributed by atoms with Crippen molar-refractivity contribution in [1.82, 2.24) is 10.0 Å². The molecule has 0 aromatic heterocycles. The summed E-state index contributed by atoms with van der Waals surface area (Å²) in [5.41, 5.74) is 0.796. The summed E-state index contributed by atoms with van der Waals surface area (Å²) in [6, 6.07) is 7.60. The molecule has 0 bridgehead atoms. The van der Waals surface area contributed by atoms with Crippen molar-refractivity contribution in [2.24, 2.45) is 0 Å². The molecular weight excluding hydrogens is 274 g/mol. The lowest BCUT2D eigenvalue weighted by molar-refractivity contribution is 0.482. The summed E-state index contributed by atoms with van der Waals surface area (Å²) < 4.78 is 27.4. The molecule has 2 rings (SSSR count). The largest absolute Gasteiger partial charge is 0.368 e. The Balaban J connectivity index is 2.30. The summed E-state index contributed by atoms with van der Waals surface area (Å²) in [4.78, 5) is 2.52. The maximum absolute atomic E-state index is 12.4. The molecule has 1 atom stereocenters. The Labute approximate surface area is 121 Å². The van der Waals surface area contributed by atoms with Crippen molar-refractivity contribution in [2.45, 2.75) is 31.2 Å². The Kier molecular flexibility index (Phi) is 5.01. The highest BCUT2D eigenvalue weighted by Gasteiger charge is 2.23. The first-order valence-electron chi connectivity index (χ1n) is 7.11. The molecule has 1 aromatic carbocycles. The van der Waals surface area contributed by atoms with Crippen LogP contribution in [0.2, 0.25) is 0 Å². The van der Waals surface area contributed by atoms with Gasteiger partial charge in [-0.1, -0.05) is 19.1 Å². The van der Waals surface area contributed by atoms with Crippen LogP contribution in [0.1, 0.15) is 20.3 Å². The van der Waals surface area contributed by atoms with Crippen LogP contribution in [0.15, 0.2) is 29.2 Å². The quantitative estimate of drug-likeness (QED) is 0.856. The molecule has 0 radical (unpaired) electrons. The first-order valence-corrected chi connectivity index (χ1v) is 8.60. The van der Waals surface area contributed by atoms with Gasteiger partial charge in [-0.2, -0.15) is 0 Å². The molecule has 6 heteroatoms. The minimum atomic E-state index is -3.43. The van der Waals surface area contributed by atoms with E-state index in [-0.39, 0.29) is 0 Å². The third-order valence-corrected chi connectivity index (χ3v) is 4.91. The topological polar surface area (TPSA) is 61.4 Å². The number of rotatable bonds is 5. The van der Waals surface area contributed by atoms with Crippen molar-refractivity contribution in [3.05, 3.63) is 24.3 Å². The van der Waals surface area contributed by atoms with Crippen molar-refractivity contribution in [1.29, 1.82) is 0 Å². The van der Waals surface area contributed by atoms with Crippen LogP contribution < -0.4 is 14.9 Å². The second kappa shape index (κ2) is 6.56. The molecule has 0 aliphatic carbocycles. The van der Waals surface area contributed by atoms with Crippen LogP contribution in [0.3, 0.4) is 0 Å². The molecule has 1 aliphatic heterocycles. The number of piperazine rings is 1. The van der Waals surface area contributed by atoms with E-state index in [1.54, 1.807) is 12.1 Å². The van der Waals surface area contributed by atoms with E-state index in [1.165, 1.54) is 0 Å². The number of benzene rings is 1. The normalized spacial score (nSPS) is 20.1. The van der Waals surface area contributed by atoms with Crippen LogP contribution in [0.25, 0.3) is 0 Å². The summed E-state index contributed by atoms with van der Waals surface area (Å²) >= 11 is 0. The van der Waals surface area contributed by atoms with E-state index in [0.29, 0.717) is 17.5 Å². The second-order valence-electron chi connectivity index (χ2n) is 5.17. The summed E-state index contributed by atoms with van der Waals surface area (Å²) in [7, 11) is -3.43. The Morgan fingerprint density at radius 3 is 2.85 bits per heavy atom. The zero-order chi connectivity index (χ0) is 14.6. The molecule has 2 N–H and O–H groups in total. The average Bonchev–Trinajstić information content (AvgIpc) is 2.45. The number of para-hydroxylation sites is 1. The lowest BCUT2D eigenvalue weighted by Gasteiger charge is -2.34. The summed E-state index contributed by atoms with van der Waals surface area (Å²) in [5.74, 6) is 0. The molecule has 0 amide bonds. The minimum Gasteiger partial charge on any atom is -0.368 e.